The molecule has 18 rings (SSSR count). The third kappa shape index (κ3) is 33.0. The van der Waals surface area contributed by atoms with Crippen LogP contribution in [0, 0.1) is 29.6 Å². The van der Waals surface area contributed by atoms with Crippen LogP contribution in [0.25, 0.3) is 18.6 Å². The van der Waals surface area contributed by atoms with Crippen molar-refractivity contribution < 1.29 is 71.3 Å². The Bertz CT molecular complexity index is 6100. The van der Waals surface area contributed by atoms with E-state index < -0.39 is 18.4 Å². The number of hydrogen-bond donors (Lipinski definition) is 3. The van der Waals surface area contributed by atoms with Crippen molar-refractivity contribution in [2.75, 3.05) is 77.2 Å². The molecule has 8 aromatic rings. The molecule has 3 N–H and O–H groups in total. The second kappa shape index (κ2) is 56.2. The summed E-state index contributed by atoms with van der Waals surface area (Å²) in [6.45, 7) is 16.6. The number of rotatable bonds is 35. The van der Waals surface area contributed by atoms with Crippen LogP contribution in [0.3, 0.4) is 0 Å². The van der Waals surface area contributed by atoms with Crippen molar-refractivity contribution >= 4 is 110 Å². The summed E-state index contributed by atoms with van der Waals surface area (Å²) in [6.07, 6.45) is 37.3. The molecule has 0 bridgehead atoms. The van der Waals surface area contributed by atoms with E-state index in [4.69, 9.17) is 59.0 Å². The number of hydrogen-bond acceptors (Lipinski definition) is 20. The third-order valence-corrected chi connectivity index (χ3v) is 46.0. The van der Waals surface area contributed by atoms with Crippen LogP contribution in [0.4, 0.5) is 0 Å². The number of amides is 5. The molecule has 5 atom stereocenters. The molecule has 25 nitrogen and oxygen atoms in total. The van der Waals surface area contributed by atoms with E-state index >= 15 is 0 Å². The number of aromatic nitrogens is 5. The van der Waals surface area contributed by atoms with Gasteiger partial charge in [-0.3, -0.25) is 19.2 Å². The maximum Gasteiger partial charge on any atom is 0.232 e. The van der Waals surface area contributed by atoms with Crippen LogP contribution >= 0.6 is 43.5 Å². The summed E-state index contributed by atoms with van der Waals surface area (Å²) < 4.78 is 61.6. The molecule has 4 saturated carbocycles. The molecule has 4 aliphatic carbocycles. The van der Waals surface area contributed by atoms with Gasteiger partial charge in [-0.15, -0.1) is 0 Å². The van der Waals surface area contributed by atoms with Gasteiger partial charge in [-0.1, -0.05) is 59.9 Å². The van der Waals surface area contributed by atoms with Gasteiger partial charge < -0.3 is 58.7 Å². The summed E-state index contributed by atoms with van der Waals surface area (Å²) in [5.74, 6) is 22.3. The number of halogens is 3. The number of methoxy groups -OCH3 is 9. The zero-order valence-corrected chi connectivity index (χ0v) is 95.7. The first kappa shape index (κ1) is 114. The van der Waals surface area contributed by atoms with Crippen LogP contribution in [0.1, 0.15) is 305 Å². The van der Waals surface area contributed by atoms with Gasteiger partial charge in [-0.05, 0) is 224 Å². The average molecular weight is 2270 g/mol. The topological polar surface area (TPSA) is 285 Å². The number of carbonyl (C=O) groups excluding carboxylic acids is 5. The fraction of sp³-hybridized carbons (Fsp3) is 0.496. The Labute approximate surface area is 902 Å². The van der Waals surface area contributed by atoms with Crippen LogP contribution in [-0.2, 0) is 47.2 Å². The Hall–Kier alpha value is -11.0. The number of unbranched alkanes of at least 4 members (excludes halogenated alkanes) is 3. The number of carbonyl (C=O) groups is 5. The molecule has 10 fully saturated rings. The number of pyridine rings is 5. The van der Waals surface area contributed by atoms with Crippen molar-refractivity contribution in [3.63, 3.8) is 0 Å². The molecule has 5 aromatic heterocycles. The molecule has 29 heteroatoms. The predicted molar refractivity (Wildman–Crippen MR) is 595 cm³/mol. The zero-order chi connectivity index (χ0) is 105. The fourth-order valence-corrected chi connectivity index (χ4v) is 37.8. The van der Waals surface area contributed by atoms with Gasteiger partial charge in [0.1, 0.15) is 27.9 Å². The van der Waals surface area contributed by atoms with E-state index in [0.29, 0.717) is 133 Å². The molecule has 6 aliphatic heterocycles. The smallest absolute Gasteiger partial charge is 0.232 e. The number of likely N-dealkylation sites (tertiary alicyclic amines) is 2. The van der Waals surface area contributed by atoms with Crippen molar-refractivity contribution in [2.45, 2.75) is 294 Å². The molecule has 10 aliphatic rings. The largest absolute Gasteiger partial charge is 0.497 e. The summed E-state index contributed by atoms with van der Waals surface area (Å²) in [4.78, 5) is 85.6. The van der Waals surface area contributed by atoms with Crippen molar-refractivity contribution in [1.29, 1.82) is 0 Å². The molecule has 3 aromatic carbocycles. The second-order valence-corrected chi connectivity index (χ2v) is 55.8. The number of allylic oxidation sites excluding steroid dienone is 1. The van der Waals surface area contributed by atoms with Crippen LogP contribution in [0.2, 0.25) is 18.3 Å². The Morgan fingerprint density at radius 1 is 0.453 bits per heavy atom. The Kier molecular flexibility index (Phi) is 43.4. The van der Waals surface area contributed by atoms with Gasteiger partial charge in [0.25, 0.3) is 0 Å². The van der Waals surface area contributed by atoms with Gasteiger partial charge in [0.05, 0.1) is 85.5 Å². The Morgan fingerprint density at radius 2 is 0.905 bits per heavy atom. The molecule has 11 heterocycles. The summed E-state index contributed by atoms with van der Waals surface area (Å²) >= 11 is 10.2. The molecule has 6 saturated heterocycles. The first-order valence-electron chi connectivity index (χ1n) is 52.8. The summed E-state index contributed by atoms with van der Waals surface area (Å²) in [7, 11) is 14.8. The van der Waals surface area contributed by atoms with Gasteiger partial charge in [0.15, 0.2) is 0 Å². The quantitative estimate of drug-likeness (QED) is 0.0246. The van der Waals surface area contributed by atoms with E-state index in [1.165, 1.54) is 131 Å². The van der Waals surface area contributed by atoms with Gasteiger partial charge in [-0.2, -0.15) is 0 Å². The molecular formula is C119H149Br2ClN10O15Sn. The number of nitrogens with zero attached hydrogens (tertiary/aromatic N) is 7. The molecule has 0 spiro atoms. The molecule has 0 unspecified atom stereocenters. The van der Waals surface area contributed by atoms with Gasteiger partial charge in [0, 0.05) is 93.8 Å². The molecule has 5 amide bonds. The maximum atomic E-state index is 13.4. The average Bonchev–Trinajstić information content (AvgIpc) is 1.28. The monoisotopic (exact) mass is 2270 g/mol. The maximum absolute atomic E-state index is 13.4. The van der Waals surface area contributed by atoms with E-state index in [1.807, 2.05) is 89.9 Å². The molecule has 148 heavy (non-hydrogen) atoms. The standard InChI is InChI=1S/C25H30NO3.C24H26N2O4.C15H17BrN2O2.C15H18N2O2.C15H16N2O2.C13H15BrClNO2.3C4H9.Sn/c1-25(2,3)20-10-6-18(7-11-20)8-12-21-13-15-24(27)26(21)17-19-9-14-22(28-4)16-23(19)29-5;1-28-20-11-6-17(22(14-20)29-2)15-26-19(10-13-23(26)27)9-7-18-8-12-21(16-4-5-16)24(25-18)30-3;1-20-15-11(9-2-3-9)5-6-13(18-15)12(16)8-10-4-7-14(19)17-10;2*1-19-15-13(10-2-3-10)8-6-12(17-15)5-4-11-7-9-14(18)16-11;1-17-13-11(15)2-3-12(16-13)10(14)8-9-4-6-18-7-5-9;3*1-3-4-2;/h6-7,9-12,14,16,21H,13,15,17H2,1-5H3;6,8,11-12,14,16,19H,4-5,10,13,15H2,1-3H3;5-6,8-10H,2-4,7H2,1H3,(H,17,19);4-6,8,10-11H,2-3,7,9H2,1H3,(H,16,18);6,8,10-11H,2-3,7,9H2,1H3,(H,16,18);2-3,8-9H,4-7H2,1H3;3*1,3-4H2,2H3;/b;;12-8-;5-4-;;10-8-;;;;/t21-;19-;10-;2*11-;;;;;/m00100...../s1. The van der Waals surface area contributed by atoms with Crippen molar-refractivity contribution in [2.24, 2.45) is 5.92 Å². The summed E-state index contributed by atoms with van der Waals surface area (Å²) in [6, 6.07) is 41.2. The second-order valence-electron chi connectivity index (χ2n) is 40.5. The normalized spacial score (nSPS) is 19.2. The fourth-order valence-electron chi connectivity index (χ4n) is 19.4. The Morgan fingerprint density at radius 3 is 1.39 bits per heavy atom. The van der Waals surface area contributed by atoms with E-state index in [1.54, 1.807) is 73.6 Å². The van der Waals surface area contributed by atoms with Crippen LogP contribution in [-0.4, -0.2) is 190 Å². The summed E-state index contributed by atoms with van der Waals surface area (Å²) in [5.41, 5.74) is 13.6. The number of nitrogens with one attached hydrogen (secondary N) is 3. The van der Waals surface area contributed by atoms with Crippen LogP contribution in [0.5, 0.6) is 52.4 Å². The van der Waals surface area contributed by atoms with Crippen molar-refractivity contribution in [3.8, 4) is 76.1 Å². The summed E-state index contributed by atoms with van der Waals surface area (Å²) in [5, 5.41) is 9.17. The van der Waals surface area contributed by atoms with E-state index in [0.717, 1.165) is 112 Å². The first-order valence-corrected chi connectivity index (χ1v) is 62.3. The molecular weight excluding hydrogens is 2120 g/mol. The van der Waals surface area contributed by atoms with Crippen LogP contribution in [0.15, 0.2) is 146 Å². The molecule has 0 radical (unpaired) electrons. The number of ether oxygens (including phenoxy) is 10. The molecule has 790 valence electrons. The number of benzene rings is 3. The van der Waals surface area contributed by atoms with Gasteiger partial charge in [-0.25, -0.2) is 24.9 Å². The van der Waals surface area contributed by atoms with E-state index in [-0.39, 0.29) is 65.2 Å². The SMILES string of the molecule is CCC[CH2][Sn]([CH2]CCC)([CH2]CCC)/[C](=C/[C@H]1CCC(=O)N1Cc1ccc(OC)cc1OC)c1ccc(C(C)(C)C)cc1.COc1ccc(CN2C(=O)CC[C@@H]2C#Cc2ccc(C3CC3)c(OC)n2)c(OC)c1.COc1nc(/C(Br)=C/C2CCOCC2)ccc1Cl.COc1nc(/C(Br)=C/[C@H]2CCC(=O)N2)ccc1C1CC1.COc1nc(/C=C\[C@H]2CCC(=O)N2)ccc1C1CC1.COc1nc(C#C[C@H]2CCC(=O)N2)ccc1C1CC1. The van der Waals surface area contributed by atoms with Crippen molar-refractivity contribution in [3.05, 3.63) is 224 Å². The van der Waals surface area contributed by atoms with Crippen molar-refractivity contribution in [1.82, 2.24) is 50.7 Å². The Balaban J connectivity index is 0.000000153. The van der Waals surface area contributed by atoms with Gasteiger partial charge in [0.2, 0.25) is 53.0 Å². The van der Waals surface area contributed by atoms with E-state index in [9.17, 15) is 24.0 Å². The minimum atomic E-state index is -2.86. The van der Waals surface area contributed by atoms with Gasteiger partial charge >= 0.3 is 262 Å². The predicted octanol–water partition coefficient (Wildman–Crippen LogP) is 24.2. The third-order valence-electron chi connectivity index (χ3n) is 28.6. The minimum absolute atomic E-state index is 0.0385. The first-order chi connectivity index (χ1) is 71.6. The van der Waals surface area contributed by atoms with E-state index in [2.05, 4.69) is 204 Å². The van der Waals surface area contributed by atoms with Crippen LogP contribution < -0.4 is 58.6 Å². The zero-order valence-electron chi connectivity index (χ0n) is 88.9. The minimum Gasteiger partial charge on any atom is -0.497 e.